The van der Waals surface area contributed by atoms with E-state index in [2.05, 4.69) is 10.2 Å². The third-order valence-electron chi connectivity index (χ3n) is 3.30. The van der Waals surface area contributed by atoms with Gasteiger partial charge in [-0.3, -0.25) is 4.79 Å². The van der Waals surface area contributed by atoms with E-state index in [0.29, 0.717) is 23.1 Å². The first-order valence-corrected chi connectivity index (χ1v) is 7.97. The predicted octanol–water partition coefficient (Wildman–Crippen LogP) is 3.49. The lowest BCUT2D eigenvalue weighted by atomic mass is 10.2. The standard InChI is InChI=1S/C15H15ClN2O2S/c16-11-3-4-12(17-15(19)14-2-1-9-21-14)13(10-11)18-5-7-20-8-6-18/h1-4,9-10H,5-8H2,(H,17,19). The number of hydrogen-bond donors (Lipinski definition) is 1. The number of carbonyl (C=O) groups excluding carboxylic acids is 1. The highest BCUT2D eigenvalue weighted by atomic mass is 35.5. The molecule has 3 rings (SSSR count). The fourth-order valence-electron chi connectivity index (χ4n) is 2.27. The molecule has 4 nitrogen and oxygen atoms in total. The van der Waals surface area contributed by atoms with Crippen LogP contribution < -0.4 is 10.2 Å². The number of carbonyl (C=O) groups is 1. The zero-order valence-electron chi connectivity index (χ0n) is 11.3. The quantitative estimate of drug-likeness (QED) is 0.940. The number of nitrogens with zero attached hydrogens (tertiary/aromatic N) is 1. The molecule has 1 amide bonds. The molecule has 0 saturated carbocycles. The van der Waals surface area contributed by atoms with Gasteiger partial charge >= 0.3 is 0 Å². The average Bonchev–Trinajstić information content (AvgIpc) is 3.04. The van der Waals surface area contributed by atoms with Gasteiger partial charge in [0.05, 0.1) is 29.5 Å². The Bertz CT molecular complexity index is 625. The van der Waals surface area contributed by atoms with Crippen LogP contribution in [0.4, 0.5) is 11.4 Å². The van der Waals surface area contributed by atoms with Crippen molar-refractivity contribution in [3.63, 3.8) is 0 Å². The molecule has 1 aromatic heterocycles. The summed E-state index contributed by atoms with van der Waals surface area (Å²) in [5.41, 5.74) is 1.72. The number of halogens is 1. The largest absolute Gasteiger partial charge is 0.378 e. The molecule has 1 aromatic carbocycles. The normalized spacial score (nSPS) is 15.0. The molecule has 2 heterocycles. The van der Waals surface area contributed by atoms with Crippen LogP contribution in [0.1, 0.15) is 9.67 Å². The number of nitrogens with one attached hydrogen (secondary N) is 1. The second kappa shape index (κ2) is 6.47. The minimum atomic E-state index is -0.0955. The molecule has 2 aromatic rings. The number of anilines is 2. The van der Waals surface area contributed by atoms with Crippen LogP contribution in [-0.4, -0.2) is 32.2 Å². The lowest BCUT2D eigenvalue weighted by Crippen LogP contribution is -2.36. The van der Waals surface area contributed by atoms with E-state index in [-0.39, 0.29) is 5.91 Å². The van der Waals surface area contributed by atoms with Gasteiger partial charge < -0.3 is 15.0 Å². The molecule has 0 radical (unpaired) electrons. The number of ether oxygens (including phenoxy) is 1. The van der Waals surface area contributed by atoms with Crippen LogP contribution >= 0.6 is 22.9 Å². The Morgan fingerprint density at radius 3 is 2.81 bits per heavy atom. The zero-order valence-corrected chi connectivity index (χ0v) is 12.9. The highest BCUT2D eigenvalue weighted by molar-refractivity contribution is 7.12. The molecule has 0 unspecified atom stereocenters. The van der Waals surface area contributed by atoms with Crippen molar-refractivity contribution >= 4 is 40.2 Å². The lowest BCUT2D eigenvalue weighted by Gasteiger charge is -2.30. The zero-order chi connectivity index (χ0) is 14.7. The molecule has 0 atom stereocenters. The molecular formula is C15H15ClN2O2S. The maximum atomic E-state index is 12.2. The van der Waals surface area contributed by atoms with Crippen molar-refractivity contribution in [2.45, 2.75) is 0 Å². The predicted molar refractivity (Wildman–Crippen MR) is 86.8 cm³/mol. The lowest BCUT2D eigenvalue weighted by molar-refractivity contribution is 0.103. The molecule has 110 valence electrons. The fourth-order valence-corrected chi connectivity index (χ4v) is 3.05. The molecule has 6 heteroatoms. The summed E-state index contributed by atoms with van der Waals surface area (Å²) in [6, 6.07) is 9.19. The van der Waals surface area contributed by atoms with E-state index < -0.39 is 0 Å². The van der Waals surface area contributed by atoms with Gasteiger partial charge in [-0.05, 0) is 29.6 Å². The number of rotatable bonds is 3. The van der Waals surface area contributed by atoms with Gasteiger partial charge in [0.1, 0.15) is 0 Å². The molecule has 21 heavy (non-hydrogen) atoms. The average molecular weight is 323 g/mol. The van der Waals surface area contributed by atoms with E-state index >= 15 is 0 Å². The second-order valence-electron chi connectivity index (χ2n) is 4.69. The van der Waals surface area contributed by atoms with Crippen molar-refractivity contribution in [1.82, 2.24) is 0 Å². The number of thiophene rings is 1. The van der Waals surface area contributed by atoms with Gasteiger partial charge in [0.15, 0.2) is 0 Å². The maximum Gasteiger partial charge on any atom is 0.265 e. The molecule has 1 saturated heterocycles. The highest BCUT2D eigenvalue weighted by Gasteiger charge is 2.17. The van der Waals surface area contributed by atoms with Crippen molar-refractivity contribution in [2.75, 3.05) is 36.5 Å². The fraction of sp³-hybridized carbons (Fsp3) is 0.267. The van der Waals surface area contributed by atoms with Gasteiger partial charge in [-0.2, -0.15) is 0 Å². The molecule has 0 aliphatic carbocycles. The van der Waals surface area contributed by atoms with Crippen LogP contribution in [0.15, 0.2) is 35.7 Å². The van der Waals surface area contributed by atoms with Gasteiger partial charge in [0.2, 0.25) is 0 Å². The van der Waals surface area contributed by atoms with Crippen LogP contribution in [0.5, 0.6) is 0 Å². The van der Waals surface area contributed by atoms with Gasteiger partial charge in [0.25, 0.3) is 5.91 Å². The van der Waals surface area contributed by atoms with Gasteiger partial charge in [-0.1, -0.05) is 17.7 Å². The first-order valence-electron chi connectivity index (χ1n) is 6.71. The Kier molecular flexibility index (Phi) is 4.43. The molecule has 1 N–H and O–H groups in total. The van der Waals surface area contributed by atoms with Crippen molar-refractivity contribution < 1.29 is 9.53 Å². The first-order chi connectivity index (χ1) is 10.2. The van der Waals surface area contributed by atoms with Crippen LogP contribution in [0, 0.1) is 0 Å². The Morgan fingerprint density at radius 2 is 2.10 bits per heavy atom. The van der Waals surface area contributed by atoms with Crippen molar-refractivity contribution in [1.29, 1.82) is 0 Å². The number of hydrogen-bond acceptors (Lipinski definition) is 4. The molecule has 0 spiro atoms. The highest BCUT2D eigenvalue weighted by Crippen LogP contribution is 2.30. The Morgan fingerprint density at radius 1 is 1.29 bits per heavy atom. The summed E-state index contributed by atoms with van der Waals surface area (Å²) in [6.45, 7) is 2.96. The molecular weight excluding hydrogens is 308 g/mol. The van der Waals surface area contributed by atoms with Crippen molar-refractivity contribution in [3.05, 3.63) is 45.6 Å². The summed E-state index contributed by atoms with van der Waals surface area (Å²) in [5, 5.41) is 5.51. The molecule has 1 fully saturated rings. The summed E-state index contributed by atoms with van der Waals surface area (Å²) in [6.07, 6.45) is 0. The van der Waals surface area contributed by atoms with Crippen LogP contribution in [0.3, 0.4) is 0 Å². The minimum absolute atomic E-state index is 0.0955. The molecule has 1 aliphatic heterocycles. The van der Waals surface area contributed by atoms with E-state index in [9.17, 15) is 4.79 Å². The van der Waals surface area contributed by atoms with E-state index in [4.69, 9.17) is 16.3 Å². The summed E-state index contributed by atoms with van der Waals surface area (Å²) in [5.74, 6) is -0.0955. The summed E-state index contributed by atoms with van der Waals surface area (Å²) >= 11 is 7.53. The van der Waals surface area contributed by atoms with E-state index in [1.807, 2.05) is 29.6 Å². The summed E-state index contributed by atoms with van der Waals surface area (Å²) in [4.78, 5) is 15.1. The number of benzene rings is 1. The van der Waals surface area contributed by atoms with Crippen molar-refractivity contribution in [2.24, 2.45) is 0 Å². The van der Waals surface area contributed by atoms with Gasteiger partial charge in [-0.15, -0.1) is 11.3 Å². The number of morpholine rings is 1. The Balaban J connectivity index is 1.85. The SMILES string of the molecule is O=C(Nc1ccc(Cl)cc1N1CCOCC1)c1cccs1. The van der Waals surface area contributed by atoms with E-state index in [1.165, 1.54) is 11.3 Å². The summed E-state index contributed by atoms with van der Waals surface area (Å²) < 4.78 is 5.37. The van der Waals surface area contributed by atoms with E-state index in [1.54, 1.807) is 6.07 Å². The van der Waals surface area contributed by atoms with E-state index in [0.717, 1.165) is 24.5 Å². The summed E-state index contributed by atoms with van der Waals surface area (Å²) in [7, 11) is 0. The van der Waals surface area contributed by atoms with Crippen molar-refractivity contribution in [3.8, 4) is 0 Å². The molecule has 1 aliphatic rings. The Hall–Kier alpha value is -1.56. The monoisotopic (exact) mass is 322 g/mol. The van der Waals surface area contributed by atoms with Gasteiger partial charge in [0, 0.05) is 18.1 Å². The molecule has 0 bridgehead atoms. The second-order valence-corrected chi connectivity index (χ2v) is 6.08. The topological polar surface area (TPSA) is 41.6 Å². The van der Waals surface area contributed by atoms with Crippen LogP contribution in [-0.2, 0) is 4.74 Å². The van der Waals surface area contributed by atoms with Gasteiger partial charge in [-0.25, -0.2) is 0 Å². The third kappa shape index (κ3) is 3.37. The minimum Gasteiger partial charge on any atom is -0.378 e. The maximum absolute atomic E-state index is 12.2. The third-order valence-corrected chi connectivity index (χ3v) is 4.41. The smallest absolute Gasteiger partial charge is 0.265 e. The van der Waals surface area contributed by atoms with Crippen LogP contribution in [0.2, 0.25) is 5.02 Å². The van der Waals surface area contributed by atoms with Crippen LogP contribution in [0.25, 0.3) is 0 Å². The number of amides is 1. The first kappa shape index (κ1) is 14.4. The Labute approximate surface area is 132 Å².